The summed E-state index contributed by atoms with van der Waals surface area (Å²) in [5, 5.41) is 2.91. The van der Waals surface area contributed by atoms with Crippen LogP contribution in [0.1, 0.15) is 5.56 Å². The molecule has 0 spiro atoms. The molecule has 1 saturated heterocycles. The first-order valence-electron chi connectivity index (χ1n) is 5.09. The maximum atomic E-state index is 11.7. The third kappa shape index (κ3) is 1.28. The zero-order valence-electron chi connectivity index (χ0n) is 8.16. The van der Waals surface area contributed by atoms with Crippen LogP contribution in [-0.4, -0.2) is 25.0 Å². The molecule has 2 aliphatic rings. The Morgan fingerprint density at radius 1 is 1.47 bits per heavy atom. The predicted octanol–water partition coefficient (Wildman–Crippen LogP) is 1.31. The van der Waals surface area contributed by atoms with Gasteiger partial charge in [0.15, 0.2) is 0 Å². The second-order valence-electron chi connectivity index (χ2n) is 3.94. The fraction of sp³-hybridized carbons (Fsp3) is 0.364. The summed E-state index contributed by atoms with van der Waals surface area (Å²) in [6.07, 6.45) is 0.822. The number of hydrogen-bond donors (Lipinski definition) is 1. The topological polar surface area (TPSA) is 32.3 Å². The van der Waals surface area contributed by atoms with E-state index < -0.39 is 0 Å². The van der Waals surface area contributed by atoms with Crippen molar-refractivity contribution in [1.29, 1.82) is 0 Å². The number of piperazine rings is 1. The highest BCUT2D eigenvalue weighted by Crippen LogP contribution is 2.37. The van der Waals surface area contributed by atoms with Gasteiger partial charge in [0.2, 0.25) is 5.91 Å². The van der Waals surface area contributed by atoms with Crippen molar-refractivity contribution in [1.82, 2.24) is 5.32 Å². The van der Waals surface area contributed by atoms with Crippen LogP contribution >= 0.6 is 15.9 Å². The van der Waals surface area contributed by atoms with E-state index in [0.29, 0.717) is 0 Å². The zero-order valence-corrected chi connectivity index (χ0v) is 9.75. The van der Waals surface area contributed by atoms with Crippen molar-refractivity contribution >= 4 is 27.5 Å². The van der Waals surface area contributed by atoms with Crippen molar-refractivity contribution in [3.8, 4) is 0 Å². The Hall–Kier alpha value is -1.03. The lowest BCUT2D eigenvalue weighted by molar-refractivity contribution is -0.123. The van der Waals surface area contributed by atoms with E-state index in [-0.39, 0.29) is 11.9 Å². The molecule has 1 N–H and O–H groups in total. The summed E-state index contributed by atoms with van der Waals surface area (Å²) in [5.74, 6) is 0.157. The van der Waals surface area contributed by atoms with Gasteiger partial charge in [-0.25, -0.2) is 0 Å². The van der Waals surface area contributed by atoms with Crippen LogP contribution in [0.15, 0.2) is 22.7 Å². The third-order valence-electron chi connectivity index (χ3n) is 3.13. The molecule has 15 heavy (non-hydrogen) atoms. The summed E-state index contributed by atoms with van der Waals surface area (Å²) in [6.45, 7) is 1.67. The Bertz CT molecular complexity index is 433. The summed E-state index contributed by atoms with van der Waals surface area (Å²) in [5.41, 5.74) is 2.48. The highest BCUT2D eigenvalue weighted by atomic mass is 79.9. The SMILES string of the molecule is O=C1NCCN2c3cccc(Br)c3CC12. The second kappa shape index (κ2) is 3.23. The van der Waals surface area contributed by atoms with E-state index in [9.17, 15) is 4.79 Å². The van der Waals surface area contributed by atoms with Crippen molar-refractivity contribution in [2.24, 2.45) is 0 Å². The monoisotopic (exact) mass is 266 g/mol. The summed E-state index contributed by atoms with van der Waals surface area (Å²) in [7, 11) is 0. The lowest BCUT2D eigenvalue weighted by Crippen LogP contribution is -2.53. The number of carbonyl (C=O) groups excluding carboxylic acids is 1. The number of anilines is 1. The average Bonchev–Trinajstić information content (AvgIpc) is 2.60. The van der Waals surface area contributed by atoms with E-state index in [0.717, 1.165) is 24.0 Å². The molecule has 0 radical (unpaired) electrons. The Kier molecular flexibility index (Phi) is 1.99. The first-order valence-corrected chi connectivity index (χ1v) is 5.88. The largest absolute Gasteiger partial charge is 0.357 e. The molecule has 1 atom stereocenters. The van der Waals surface area contributed by atoms with Gasteiger partial charge < -0.3 is 10.2 Å². The minimum absolute atomic E-state index is 0.00690. The van der Waals surface area contributed by atoms with Crippen molar-refractivity contribution in [3.63, 3.8) is 0 Å². The smallest absolute Gasteiger partial charge is 0.243 e. The van der Waals surface area contributed by atoms with Gasteiger partial charge in [0.1, 0.15) is 6.04 Å². The van der Waals surface area contributed by atoms with E-state index in [1.165, 1.54) is 11.3 Å². The normalized spacial score (nSPS) is 23.4. The molecule has 0 saturated carbocycles. The summed E-state index contributed by atoms with van der Waals surface area (Å²) < 4.78 is 1.11. The Morgan fingerprint density at radius 2 is 2.33 bits per heavy atom. The second-order valence-corrected chi connectivity index (χ2v) is 4.80. The lowest BCUT2D eigenvalue weighted by Gasteiger charge is -2.31. The highest BCUT2D eigenvalue weighted by Gasteiger charge is 2.37. The molecule has 78 valence electrons. The fourth-order valence-corrected chi connectivity index (χ4v) is 2.94. The Labute approximate surface area is 96.6 Å². The predicted molar refractivity (Wildman–Crippen MR) is 62.0 cm³/mol. The van der Waals surface area contributed by atoms with Gasteiger partial charge >= 0.3 is 0 Å². The van der Waals surface area contributed by atoms with E-state index in [2.05, 4.69) is 32.2 Å². The highest BCUT2D eigenvalue weighted by molar-refractivity contribution is 9.10. The van der Waals surface area contributed by atoms with Crippen LogP contribution < -0.4 is 10.2 Å². The van der Waals surface area contributed by atoms with Crippen LogP contribution in [0, 0.1) is 0 Å². The zero-order chi connectivity index (χ0) is 10.4. The van der Waals surface area contributed by atoms with Crippen LogP contribution in [0.2, 0.25) is 0 Å². The van der Waals surface area contributed by atoms with Gasteiger partial charge in [0.25, 0.3) is 0 Å². The van der Waals surface area contributed by atoms with Crippen LogP contribution in [0.3, 0.4) is 0 Å². The van der Waals surface area contributed by atoms with Crippen LogP contribution in [-0.2, 0) is 11.2 Å². The molecule has 0 aliphatic carbocycles. The third-order valence-corrected chi connectivity index (χ3v) is 3.87. The lowest BCUT2D eigenvalue weighted by atomic mass is 10.1. The van der Waals surface area contributed by atoms with Gasteiger partial charge in [0, 0.05) is 29.7 Å². The molecule has 3 rings (SSSR count). The van der Waals surface area contributed by atoms with Crippen LogP contribution in [0.4, 0.5) is 5.69 Å². The maximum absolute atomic E-state index is 11.7. The van der Waals surface area contributed by atoms with Crippen molar-refractivity contribution < 1.29 is 4.79 Å². The number of amides is 1. The molecule has 0 aromatic heterocycles. The molecule has 1 unspecified atom stereocenters. The van der Waals surface area contributed by atoms with Crippen molar-refractivity contribution in [2.75, 3.05) is 18.0 Å². The summed E-state index contributed by atoms with van der Waals surface area (Å²) in [4.78, 5) is 13.9. The average molecular weight is 267 g/mol. The van der Waals surface area contributed by atoms with E-state index in [4.69, 9.17) is 0 Å². The standard InChI is InChI=1S/C11H11BrN2O/c12-8-2-1-3-9-7(8)6-10-11(15)13-4-5-14(9)10/h1-3,10H,4-6H2,(H,13,15). The van der Waals surface area contributed by atoms with Gasteiger partial charge in [-0.15, -0.1) is 0 Å². The van der Waals surface area contributed by atoms with Crippen molar-refractivity contribution in [3.05, 3.63) is 28.2 Å². The molecular weight excluding hydrogens is 256 g/mol. The Morgan fingerprint density at radius 3 is 3.20 bits per heavy atom. The van der Waals surface area contributed by atoms with E-state index in [1.807, 2.05) is 12.1 Å². The minimum Gasteiger partial charge on any atom is -0.357 e. The number of benzene rings is 1. The van der Waals surface area contributed by atoms with Gasteiger partial charge in [-0.1, -0.05) is 22.0 Å². The molecule has 1 amide bonds. The number of halogens is 1. The number of carbonyl (C=O) groups is 1. The quantitative estimate of drug-likeness (QED) is 0.768. The number of nitrogens with one attached hydrogen (secondary N) is 1. The number of hydrogen-bond acceptors (Lipinski definition) is 2. The number of nitrogens with zero attached hydrogens (tertiary/aromatic N) is 1. The summed E-state index contributed by atoms with van der Waals surface area (Å²) >= 11 is 3.54. The van der Waals surface area contributed by atoms with E-state index in [1.54, 1.807) is 0 Å². The summed E-state index contributed by atoms with van der Waals surface area (Å²) in [6, 6.07) is 6.17. The number of fused-ring (bicyclic) bond motifs is 3. The first-order chi connectivity index (χ1) is 7.27. The Balaban J connectivity index is 2.08. The minimum atomic E-state index is 0.00690. The van der Waals surface area contributed by atoms with Gasteiger partial charge in [-0.2, -0.15) is 0 Å². The van der Waals surface area contributed by atoms with Gasteiger partial charge in [-0.3, -0.25) is 4.79 Å². The number of rotatable bonds is 0. The fourth-order valence-electron chi connectivity index (χ4n) is 2.42. The van der Waals surface area contributed by atoms with Crippen LogP contribution in [0.25, 0.3) is 0 Å². The first kappa shape index (κ1) is 9.21. The van der Waals surface area contributed by atoms with Gasteiger partial charge in [-0.05, 0) is 17.7 Å². The molecule has 2 heterocycles. The molecule has 1 fully saturated rings. The molecule has 1 aromatic carbocycles. The molecular formula is C11H11BrN2O. The molecule has 3 nitrogen and oxygen atoms in total. The van der Waals surface area contributed by atoms with Crippen LogP contribution in [0.5, 0.6) is 0 Å². The molecule has 0 bridgehead atoms. The van der Waals surface area contributed by atoms with Gasteiger partial charge in [0.05, 0.1) is 0 Å². The maximum Gasteiger partial charge on any atom is 0.243 e. The molecule has 2 aliphatic heterocycles. The molecule has 1 aromatic rings. The van der Waals surface area contributed by atoms with Crippen molar-refractivity contribution in [2.45, 2.75) is 12.5 Å². The molecule has 4 heteroatoms. The van der Waals surface area contributed by atoms with E-state index >= 15 is 0 Å².